The molecule has 1 aromatic rings. The van der Waals surface area contributed by atoms with Gasteiger partial charge in [0.1, 0.15) is 0 Å². The molecule has 0 bridgehead atoms. The van der Waals surface area contributed by atoms with Gasteiger partial charge in [-0.3, -0.25) is 4.90 Å². The second-order valence-corrected chi connectivity index (χ2v) is 5.13. The second-order valence-electron chi connectivity index (χ2n) is 4.51. The highest BCUT2D eigenvalue weighted by Crippen LogP contribution is 2.26. The fourth-order valence-electron chi connectivity index (χ4n) is 2.36. The summed E-state index contributed by atoms with van der Waals surface area (Å²) in [5.41, 5.74) is 1.37. The summed E-state index contributed by atoms with van der Waals surface area (Å²) in [4.78, 5) is 2.45. The van der Waals surface area contributed by atoms with Gasteiger partial charge in [0, 0.05) is 31.4 Å². The van der Waals surface area contributed by atoms with Crippen molar-refractivity contribution in [2.45, 2.75) is 6.54 Å². The van der Waals surface area contributed by atoms with Gasteiger partial charge in [-0.1, -0.05) is 30.3 Å². The molecule has 1 heterocycles. The zero-order valence-corrected chi connectivity index (χ0v) is 10.8. The molecule has 2 atom stereocenters. The van der Waals surface area contributed by atoms with Gasteiger partial charge < -0.3 is 0 Å². The maximum absolute atomic E-state index is 5.96. The quantitative estimate of drug-likeness (QED) is 0.749. The van der Waals surface area contributed by atoms with Gasteiger partial charge >= 0.3 is 0 Å². The molecule has 1 aromatic carbocycles. The topological polar surface area (TPSA) is 3.24 Å². The van der Waals surface area contributed by atoms with Crippen LogP contribution in [0, 0.1) is 11.8 Å². The van der Waals surface area contributed by atoms with E-state index in [0.717, 1.165) is 31.4 Å². The average molecular weight is 258 g/mol. The number of likely N-dealkylation sites (tertiary alicyclic amines) is 1. The average Bonchev–Trinajstić information content (AvgIpc) is 2.72. The highest BCUT2D eigenvalue weighted by molar-refractivity contribution is 6.19. The molecule has 0 unspecified atom stereocenters. The van der Waals surface area contributed by atoms with Gasteiger partial charge in [0.2, 0.25) is 0 Å². The first-order chi connectivity index (χ1) is 7.83. The number of nitrogens with zero attached hydrogens (tertiary/aromatic N) is 1. The van der Waals surface area contributed by atoms with Crippen molar-refractivity contribution in [1.82, 2.24) is 4.90 Å². The molecular weight excluding hydrogens is 241 g/mol. The van der Waals surface area contributed by atoms with Crippen molar-refractivity contribution in [3.8, 4) is 0 Å². The van der Waals surface area contributed by atoms with Crippen LogP contribution >= 0.6 is 23.2 Å². The van der Waals surface area contributed by atoms with Crippen molar-refractivity contribution < 1.29 is 0 Å². The number of alkyl halides is 2. The van der Waals surface area contributed by atoms with Crippen molar-refractivity contribution in [3.05, 3.63) is 35.9 Å². The van der Waals surface area contributed by atoms with Crippen LogP contribution in [0.1, 0.15) is 5.56 Å². The maximum Gasteiger partial charge on any atom is 0.0267 e. The van der Waals surface area contributed by atoms with E-state index in [4.69, 9.17) is 23.2 Å². The Balaban J connectivity index is 1.93. The summed E-state index contributed by atoms with van der Waals surface area (Å²) in [5, 5.41) is 0. The number of hydrogen-bond acceptors (Lipinski definition) is 1. The standard InChI is InChI=1S/C13H17Cl2N/c14-6-12-9-16(10-13(12)7-15)8-11-4-2-1-3-5-11/h1-5,12-13H,6-10H2/t12-,13-/m0/s1. The minimum atomic E-state index is 0.558. The lowest BCUT2D eigenvalue weighted by molar-refractivity contribution is 0.316. The zero-order chi connectivity index (χ0) is 11.4. The molecule has 3 heteroatoms. The Labute approximate surface area is 107 Å². The summed E-state index contributed by atoms with van der Waals surface area (Å²) in [7, 11) is 0. The molecule has 1 aliphatic heterocycles. The number of benzene rings is 1. The SMILES string of the molecule is ClC[C@H]1CN(Cc2ccccc2)C[C@@H]1CCl. The van der Waals surface area contributed by atoms with Crippen LogP contribution in [-0.4, -0.2) is 29.7 Å². The summed E-state index contributed by atoms with van der Waals surface area (Å²) < 4.78 is 0. The monoisotopic (exact) mass is 257 g/mol. The first kappa shape index (κ1) is 12.2. The summed E-state index contributed by atoms with van der Waals surface area (Å²) in [6, 6.07) is 10.6. The van der Waals surface area contributed by atoms with Crippen LogP contribution in [0.4, 0.5) is 0 Å². The molecule has 0 saturated carbocycles. The Morgan fingerprint density at radius 3 is 2.06 bits per heavy atom. The molecule has 88 valence electrons. The summed E-state index contributed by atoms with van der Waals surface area (Å²) in [5.74, 6) is 2.57. The van der Waals surface area contributed by atoms with E-state index in [-0.39, 0.29) is 0 Å². The Hall–Kier alpha value is -0.240. The molecular formula is C13H17Cl2N. The normalized spacial score (nSPS) is 26.1. The van der Waals surface area contributed by atoms with Gasteiger partial charge in [-0.2, -0.15) is 0 Å². The van der Waals surface area contributed by atoms with Crippen LogP contribution in [0.15, 0.2) is 30.3 Å². The molecule has 1 nitrogen and oxygen atoms in total. The number of halogens is 2. The first-order valence-corrected chi connectivity index (χ1v) is 6.78. The van der Waals surface area contributed by atoms with Crippen LogP contribution in [0.25, 0.3) is 0 Å². The van der Waals surface area contributed by atoms with E-state index in [1.54, 1.807) is 0 Å². The molecule has 0 N–H and O–H groups in total. The fourth-order valence-corrected chi connectivity index (χ4v) is 3.06. The smallest absolute Gasteiger partial charge is 0.0267 e. The number of rotatable bonds is 4. The zero-order valence-electron chi connectivity index (χ0n) is 9.28. The number of hydrogen-bond donors (Lipinski definition) is 0. The van der Waals surface area contributed by atoms with Crippen molar-refractivity contribution in [2.75, 3.05) is 24.8 Å². The van der Waals surface area contributed by atoms with E-state index in [9.17, 15) is 0 Å². The summed E-state index contributed by atoms with van der Waals surface area (Å²) in [6.07, 6.45) is 0. The molecule has 1 fully saturated rings. The molecule has 0 aromatic heterocycles. The van der Waals surface area contributed by atoms with Crippen LogP contribution < -0.4 is 0 Å². The molecule has 0 amide bonds. The molecule has 1 saturated heterocycles. The molecule has 0 spiro atoms. The van der Waals surface area contributed by atoms with Crippen LogP contribution in [0.5, 0.6) is 0 Å². The third kappa shape index (κ3) is 2.91. The van der Waals surface area contributed by atoms with E-state index >= 15 is 0 Å². The van der Waals surface area contributed by atoms with Crippen molar-refractivity contribution in [1.29, 1.82) is 0 Å². The maximum atomic E-state index is 5.96. The summed E-state index contributed by atoms with van der Waals surface area (Å²) >= 11 is 11.9. The van der Waals surface area contributed by atoms with Gasteiger partial charge in [-0.05, 0) is 17.4 Å². The third-order valence-corrected chi connectivity index (χ3v) is 4.09. The van der Waals surface area contributed by atoms with Gasteiger partial charge in [-0.25, -0.2) is 0 Å². The van der Waals surface area contributed by atoms with Crippen LogP contribution in [0.2, 0.25) is 0 Å². The largest absolute Gasteiger partial charge is 0.298 e. The van der Waals surface area contributed by atoms with E-state index in [1.165, 1.54) is 5.56 Å². The van der Waals surface area contributed by atoms with E-state index in [0.29, 0.717) is 11.8 Å². The lowest BCUT2D eigenvalue weighted by Gasteiger charge is -2.15. The van der Waals surface area contributed by atoms with Crippen LogP contribution in [0.3, 0.4) is 0 Å². The van der Waals surface area contributed by atoms with E-state index in [2.05, 4.69) is 35.2 Å². The third-order valence-electron chi connectivity index (χ3n) is 3.30. The molecule has 16 heavy (non-hydrogen) atoms. The minimum Gasteiger partial charge on any atom is -0.298 e. The van der Waals surface area contributed by atoms with Crippen molar-refractivity contribution in [3.63, 3.8) is 0 Å². The van der Waals surface area contributed by atoms with E-state index in [1.807, 2.05) is 0 Å². The lowest BCUT2D eigenvalue weighted by atomic mass is 10.0. The van der Waals surface area contributed by atoms with Crippen molar-refractivity contribution in [2.24, 2.45) is 11.8 Å². The highest BCUT2D eigenvalue weighted by atomic mass is 35.5. The predicted molar refractivity (Wildman–Crippen MR) is 70.1 cm³/mol. The highest BCUT2D eigenvalue weighted by Gasteiger charge is 2.31. The fraction of sp³-hybridized carbons (Fsp3) is 0.538. The molecule has 2 rings (SSSR count). The minimum absolute atomic E-state index is 0.558. The Morgan fingerprint density at radius 2 is 1.56 bits per heavy atom. The van der Waals surface area contributed by atoms with E-state index < -0.39 is 0 Å². The van der Waals surface area contributed by atoms with Crippen molar-refractivity contribution >= 4 is 23.2 Å². The summed E-state index contributed by atoms with van der Waals surface area (Å²) in [6.45, 7) is 3.17. The van der Waals surface area contributed by atoms with Gasteiger partial charge in [-0.15, -0.1) is 23.2 Å². The Kier molecular flexibility index (Phi) is 4.51. The Bertz CT molecular complexity index is 303. The van der Waals surface area contributed by atoms with Gasteiger partial charge in [0.05, 0.1) is 0 Å². The predicted octanol–water partition coefficient (Wildman–Crippen LogP) is 3.21. The van der Waals surface area contributed by atoms with Crippen LogP contribution in [-0.2, 0) is 6.54 Å². The lowest BCUT2D eigenvalue weighted by Crippen LogP contribution is -2.20. The molecule has 1 aliphatic rings. The Morgan fingerprint density at radius 1 is 1.00 bits per heavy atom. The van der Waals surface area contributed by atoms with Gasteiger partial charge in [0.15, 0.2) is 0 Å². The second kappa shape index (κ2) is 5.90. The molecule has 0 radical (unpaired) electrons. The first-order valence-electron chi connectivity index (χ1n) is 5.71. The molecule has 0 aliphatic carbocycles. The van der Waals surface area contributed by atoms with Gasteiger partial charge in [0.25, 0.3) is 0 Å².